The number of nitrogen functional groups attached to an aromatic ring is 1. The number of piperidine rings is 1. The van der Waals surface area contributed by atoms with Crippen LogP contribution in [0.5, 0.6) is 0 Å². The topological polar surface area (TPSA) is 72.1 Å². The van der Waals surface area contributed by atoms with E-state index in [4.69, 9.17) is 5.73 Å². The van der Waals surface area contributed by atoms with Gasteiger partial charge >= 0.3 is 0 Å². The Balaban J connectivity index is 1.65. The van der Waals surface area contributed by atoms with E-state index in [2.05, 4.69) is 14.9 Å². The van der Waals surface area contributed by atoms with Crippen LogP contribution >= 0.6 is 0 Å². The van der Waals surface area contributed by atoms with Crippen molar-refractivity contribution in [3.8, 4) is 0 Å². The number of hydrogen-bond acceptors (Lipinski definition) is 5. The second-order valence-electron chi connectivity index (χ2n) is 6.13. The van der Waals surface area contributed by atoms with Gasteiger partial charge in [-0.05, 0) is 49.4 Å². The van der Waals surface area contributed by atoms with Crippen molar-refractivity contribution in [3.63, 3.8) is 0 Å². The zero-order chi connectivity index (χ0) is 15.1. The van der Waals surface area contributed by atoms with E-state index in [-0.39, 0.29) is 11.6 Å². The number of hydrogen-bond donors (Lipinski definition) is 1. The van der Waals surface area contributed by atoms with Crippen LogP contribution in [0.4, 0.5) is 11.6 Å². The molecular formula is C17H18N4O. The first-order valence-electron chi connectivity index (χ1n) is 7.71. The van der Waals surface area contributed by atoms with Crippen LogP contribution in [0.3, 0.4) is 0 Å². The standard InChI is InChI=1S/C17H18N4O/c18-17-13(3-2-8-19-17)16(22)14-4-1-5-15(20-14)21-10-11-6-7-12(21)9-11/h1-5,8,11-12H,6-7,9-10H2,(H2,18,19)/t11-,12-/m1/s1. The minimum absolute atomic E-state index is 0.170. The summed E-state index contributed by atoms with van der Waals surface area (Å²) in [5.41, 5.74) is 6.64. The summed E-state index contributed by atoms with van der Waals surface area (Å²) in [5, 5.41) is 0. The van der Waals surface area contributed by atoms with E-state index < -0.39 is 0 Å². The van der Waals surface area contributed by atoms with Gasteiger partial charge in [-0.25, -0.2) is 9.97 Å². The van der Waals surface area contributed by atoms with Crippen LogP contribution < -0.4 is 10.6 Å². The van der Waals surface area contributed by atoms with E-state index in [1.54, 1.807) is 24.4 Å². The summed E-state index contributed by atoms with van der Waals surface area (Å²) in [7, 11) is 0. The molecule has 3 heterocycles. The lowest BCUT2D eigenvalue weighted by Crippen LogP contribution is -2.32. The Hall–Kier alpha value is -2.43. The molecule has 0 radical (unpaired) electrons. The second-order valence-corrected chi connectivity index (χ2v) is 6.13. The molecule has 2 bridgehead atoms. The number of rotatable bonds is 3. The quantitative estimate of drug-likeness (QED) is 0.879. The van der Waals surface area contributed by atoms with E-state index in [1.165, 1.54) is 19.3 Å². The molecule has 1 saturated heterocycles. The van der Waals surface area contributed by atoms with Crippen molar-refractivity contribution in [3.05, 3.63) is 47.8 Å². The van der Waals surface area contributed by atoms with Gasteiger partial charge < -0.3 is 10.6 Å². The molecule has 1 saturated carbocycles. The number of anilines is 2. The van der Waals surface area contributed by atoms with Gasteiger partial charge in [-0.1, -0.05) is 6.07 Å². The molecule has 2 aliphatic rings. The van der Waals surface area contributed by atoms with Gasteiger partial charge in [0.2, 0.25) is 5.78 Å². The molecule has 0 spiro atoms. The van der Waals surface area contributed by atoms with Crippen LogP contribution in [-0.4, -0.2) is 28.3 Å². The molecule has 2 atom stereocenters. The lowest BCUT2D eigenvalue weighted by molar-refractivity contribution is 0.103. The monoisotopic (exact) mass is 294 g/mol. The molecule has 2 aromatic rings. The Morgan fingerprint density at radius 2 is 2.14 bits per heavy atom. The fourth-order valence-electron chi connectivity index (χ4n) is 3.66. The van der Waals surface area contributed by atoms with E-state index >= 15 is 0 Å². The first-order chi connectivity index (χ1) is 10.7. The van der Waals surface area contributed by atoms with Crippen LogP contribution in [0.25, 0.3) is 0 Å². The zero-order valence-corrected chi connectivity index (χ0v) is 12.3. The maximum absolute atomic E-state index is 12.6. The molecule has 22 heavy (non-hydrogen) atoms. The Labute approximate surface area is 129 Å². The highest BCUT2D eigenvalue weighted by atomic mass is 16.1. The Morgan fingerprint density at radius 3 is 2.86 bits per heavy atom. The highest BCUT2D eigenvalue weighted by Crippen LogP contribution is 2.39. The Morgan fingerprint density at radius 1 is 1.23 bits per heavy atom. The fraction of sp³-hybridized carbons (Fsp3) is 0.353. The molecule has 2 fully saturated rings. The zero-order valence-electron chi connectivity index (χ0n) is 12.3. The predicted octanol–water partition coefficient (Wildman–Crippen LogP) is 2.28. The molecule has 2 N–H and O–H groups in total. The molecule has 5 heteroatoms. The van der Waals surface area contributed by atoms with Gasteiger partial charge in [0.15, 0.2) is 0 Å². The van der Waals surface area contributed by atoms with Gasteiger partial charge in [0.25, 0.3) is 0 Å². The summed E-state index contributed by atoms with van der Waals surface area (Å²) < 4.78 is 0. The summed E-state index contributed by atoms with van der Waals surface area (Å²) in [6.45, 7) is 1.06. The van der Waals surface area contributed by atoms with Gasteiger partial charge in [-0.2, -0.15) is 0 Å². The Bertz CT molecular complexity index is 730. The average molecular weight is 294 g/mol. The molecule has 1 aliphatic heterocycles. The summed E-state index contributed by atoms with van der Waals surface area (Å²) in [6.07, 6.45) is 5.40. The van der Waals surface area contributed by atoms with Gasteiger partial charge in [0, 0.05) is 18.8 Å². The van der Waals surface area contributed by atoms with Crippen LogP contribution in [0.2, 0.25) is 0 Å². The van der Waals surface area contributed by atoms with Crippen LogP contribution in [0, 0.1) is 5.92 Å². The highest BCUT2D eigenvalue weighted by molar-refractivity contribution is 6.10. The number of carbonyl (C=O) groups excluding carboxylic acids is 1. The smallest absolute Gasteiger partial charge is 0.215 e. The summed E-state index contributed by atoms with van der Waals surface area (Å²) in [6, 6.07) is 9.63. The van der Waals surface area contributed by atoms with Crippen molar-refractivity contribution in [1.82, 2.24) is 9.97 Å². The molecule has 112 valence electrons. The molecule has 2 aromatic heterocycles. The van der Waals surface area contributed by atoms with Crippen molar-refractivity contribution < 1.29 is 4.79 Å². The molecular weight excluding hydrogens is 276 g/mol. The number of nitrogens with zero attached hydrogens (tertiary/aromatic N) is 3. The number of pyridine rings is 2. The van der Waals surface area contributed by atoms with Crippen molar-refractivity contribution in [2.24, 2.45) is 5.92 Å². The molecule has 1 aliphatic carbocycles. The third-order valence-electron chi connectivity index (χ3n) is 4.75. The summed E-state index contributed by atoms with van der Waals surface area (Å²) >= 11 is 0. The minimum Gasteiger partial charge on any atom is -0.383 e. The van der Waals surface area contributed by atoms with Gasteiger partial charge in [-0.3, -0.25) is 4.79 Å². The van der Waals surface area contributed by atoms with Crippen LogP contribution in [0.15, 0.2) is 36.5 Å². The van der Waals surface area contributed by atoms with E-state index in [0.717, 1.165) is 18.3 Å². The molecule has 0 aromatic carbocycles. The SMILES string of the molecule is Nc1ncccc1C(=O)c1cccc(N2C[C@@H]3CC[C@@H]2C3)n1. The van der Waals surface area contributed by atoms with Gasteiger partial charge in [0.1, 0.15) is 17.3 Å². The third-order valence-corrected chi connectivity index (χ3v) is 4.75. The molecule has 5 nitrogen and oxygen atoms in total. The van der Waals surface area contributed by atoms with Crippen LogP contribution in [0.1, 0.15) is 35.3 Å². The largest absolute Gasteiger partial charge is 0.383 e. The van der Waals surface area contributed by atoms with Gasteiger partial charge in [-0.15, -0.1) is 0 Å². The van der Waals surface area contributed by atoms with E-state index in [0.29, 0.717) is 17.3 Å². The lowest BCUT2D eigenvalue weighted by Gasteiger charge is -2.28. The molecule has 4 rings (SSSR count). The average Bonchev–Trinajstić information content (AvgIpc) is 3.18. The van der Waals surface area contributed by atoms with Gasteiger partial charge in [0.05, 0.1) is 5.56 Å². The second kappa shape index (κ2) is 5.09. The van der Waals surface area contributed by atoms with Crippen molar-refractivity contribution in [2.45, 2.75) is 25.3 Å². The normalized spacial score (nSPS) is 23.0. The van der Waals surface area contributed by atoms with E-state index in [1.807, 2.05) is 12.1 Å². The summed E-state index contributed by atoms with van der Waals surface area (Å²) in [5.74, 6) is 1.78. The number of ketones is 1. The number of nitrogens with two attached hydrogens (primary N) is 1. The summed E-state index contributed by atoms with van der Waals surface area (Å²) in [4.78, 5) is 23.5. The maximum Gasteiger partial charge on any atom is 0.215 e. The predicted molar refractivity (Wildman–Crippen MR) is 84.8 cm³/mol. The first-order valence-corrected chi connectivity index (χ1v) is 7.71. The van der Waals surface area contributed by atoms with Crippen molar-refractivity contribution >= 4 is 17.4 Å². The Kier molecular flexibility index (Phi) is 3.06. The molecule has 0 amide bonds. The number of fused-ring (bicyclic) bond motifs is 2. The highest BCUT2D eigenvalue weighted by Gasteiger charge is 2.38. The van der Waals surface area contributed by atoms with E-state index in [9.17, 15) is 4.79 Å². The van der Waals surface area contributed by atoms with Crippen molar-refractivity contribution in [2.75, 3.05) is 17.2 Å². The first kappa shape index (κ1) is 13.2. The number of aromatic nitrogens is 2. The lowest BCUT2D eigenvalue weighted by atomic mass is 10.1. The maximum atomic E-state index is 12.6. The van der Waals surface area contributed by atoms with Crippen LogP contribution in [-0.2, 0) is 0 Å². The third kappa shape index (κ3) is 2.13. The van der Waals surface area contributed by atoms with Crippen molar-refractivity contribution in [1.29, 1.82) is 0 Å². The minimum atomic E-state index is -0.170. The number of carbonyl (C=O) groups is 1. The fourth-order valence-corrected chi connectivity index (χ4v) is 3.66. The molecule has 0 unspecified atom stereocenters.